The summed E-state index contributed by atoms with van der Waals surface area (Å²) in [5.41, 5.74) is 8.90. The first-order valence-corrected chi connectivity index (χ1v) is 11.0. The number of carbonyl (C=O) groups excluding carboxylic acids is 3. The molecule has 0 bridgehead atoms. The number of ether oxygens (including phenoxy) is 2. The third-order valence-electron chi connectivity index (χ3n) is 6.31. The Morgan fingerprint density at radius 2 is 1.72 bits per heavy atom. The average molecular weight is 488 g/mol. The molecule has 1 atom stereocenters. The minimum Gasteiger partial charge on any atom is -0.466 e. The Hall–Kier alpha value is -4.78. The zero-order valence-electron chi connectivity index (χ0n) is 20.3. The van der Waals surface area contributed by atoms with Gasteiger partial charge >= 0.3 is 18.0 Å². The molecule has 1 unspecified atom stereocenters. The van der Waals surface area contributed by atoms with E-state index in [9.17, 15) is 19.6 Å². The van der Waals surface area contributed by atoms with Gasteiger partial charge in [-0.15, -0.1) is 0 Å². The molecule has 184 valence electrons. The van der Waals surface area contributed by atoms with E-state index >= 15 is 0 Å². The van der Waals surface area contributed by atoms with Crippen molar-refractivity contribution in [2.24, 2.45) is 5.73 Å². The lowest BCUT2D eigenvalue weighted by atomic mass is 9.81. The van der Waals surface area contributed by atoms with Gasteiger partial charge in [-0.1, -0.05) is 30.3 Å². The minimum absolute atomic E-state index is 0.0204. The molecule has 0 aliphatic carbocycles. The number of anilines is 2. The quantitative estimate of drug-likeness (QED) is 0.652. The molecule has 2 N–H and O–H groups in total. The molecule has 2 aromatic carbocycles. The zero-order chi connectivity index (χ0) is 26.1. The maximum Gasteiger partial charge on any atom is 0.355 e. The van der Waals surface area contributed by atoms with E-state index in [-0.39, 0.29) is 28.7 Å². The second-order valence-electron chi connectivity index (χ2n) is 8.35. The summed E-state index contributed by atoms with van der Waals surface area (Å²) >= 11 is 0. The molecule has 2 heterocycles. The standard InChI is InChI=1S/C26H25N5O5/c1-29-14-16-12-17(10-11-19(16)30(2)26(29)34)31-22(25(33)36-4)21(24(32)35-3)20(18(13-27)23(31)28)15-8-6-5-7-9-15/h5-12,20H,14,28H2,1-4H3. The Bertz CT molecular complexity index is 1360. The van der Waals surface area contributed by atoms with Crippen LogP contribution in [-0.2, 0) is 25.6 Å². The maximum absolute atomic E-state index is 13.2. The number of nitrogens with zero attached hydrogens (tertiary/aromatic N) is 4. The van der Waals surface area contributed by atoms with Crippen LogP contribution in [0.5, 0.6) is 0 Å². The summed E-state index contributed by atoms with van der Waals surface area (Å²) in [6, 6.07) is 15.9. The summed E-state index contributed by atoms with van der Waals surface area (Å²) in [6.45, 7) is 0.322. The van der Waals surface area contributed by atoms with Gasteiger partial charge in [-0.3, -0.25) is 9.80 Å². The molecule has 0 saturated heterocycles. The number of amides is 2. The van der Waals surface area contributed by atoms with E-state index in [2.05, 4.69) is 6.07 Å². The van der Waals surface area contributed by atoms with Gasteiger partial charge in [0.1, 0.15) is 11.5 Å². The van der Waals surface area contributed by atoms with Crippen molar-refractivity contribution in [2.45, 2.75) is 12.5 Å². The monoisotopic (exact) mass is 487 g/mol. The Morgan fingerprint density at radius 3 is 2.33 bits per heavy atom. The van der Waals surface area contributed by atoms with Crippen LogP contribution in [0.4, 0.5) is 16.2 Å². The van der Waals surface area contributed by atoms with Crippen LogP contribution < -0.4 is 15.5 Å². The molecule has 2 aliphatic rings. The minimum atomic E-state index is -0.943. The summed E-state index contributed by atoms with van der Waals surface area (Å²) < 4.78 is 10.1. The number of rotatable bonds is 4. The van der Waals surface area contributed by atoms with Crippen LogP contribution >= 0.6 is 0 Å². The number of carbonyl (C=O) groups is 3. The van der Waals surface area contributed by atoms with Crippen molar-refractivity contribution < 1.29 is 23.9 Å². The van der Waals surface area contributed by atoms with Crippen LogP contribution in [-0.4, -0.2) is 51.2 Å². The van der Waals surface area contributed by atoms with Crippen molar-refractivity contribution in [1.29, 1.82) is 5.26 Å². The first kappa shape index (κ1) is 24.3. The molecule has 36 heavy (non-hydrogen) atoms. The predicted molar refractivity (Wildman–Crippen MR) is 131 cm³/mol. The van der Waals surface area contributed by atoms with Crippen molar-refractivity contribution in [3.8, 4) is 6.07 Å². The van der Waals surface area contributed by atoms with Gasteiger partial charge in [0.15, 0.2) is 0 Å². The topological polar surface area (TPSA) is 129 Å². The van der Waals surface area contributed by atoms with E-state index in [0.29, 0.717) is 23.5 Å². The summed E-state index contributed by atoms with van der Waals surface area (Å²) in [4.78, 5) is 43.1. The highest BCUT2D eigenvalue weighted by Crippen LogP contribution is 2.44. The third-order valence-corrected chi connectivity index (χ3v) is 6.31. The number of benzene rings is 2. The number of nitrogens with two attached hydrogens (primary N) is 1. The van der Waals surface area contributed by atoms with E-state index in [1.807, 2.05) is 0 Å². The number of esters is 2. The Labute approximate surface area is 208 Å². The van der Waals surface area contributed by atoms with Crippen LogP contribution in [0.3, 0.4) is 0 Å². The van der Waals surface area contributed by atoms with E-state index in [1.165, 1.54) is 24.0 Å². The second-order valence-corrected chi connectivity index (χ2v) is 8.35. The molecule has 0 radical (unpaired) electrons. The van der Waals surface area contributed by atoms with E-state index < -0.39 is 17.9 Å². The van der Waals surface area contributed by atoms with Crippen LogP contribution in [0.25, 0.3) is 0 Å². The number of hydrogen-bond donors (Lipinski definition) is 1. The van der Waals surface area contributed by atoms with Gasteiger partial charge in [0.2, 0.25) is 0 Å². The Balaban J connectivity index is 2.01. The van der Waals surface area contributed by atoms with Crippen LogP contribution in [0.1, 0.15) is 17.0 Å². The molecule has 2 aromatic rings. The fourth-order valence-corrected chi connectivity index (χ4v) is 4.63. The van der Waals surface area contributed by atoms with Gasteiger partial charge in [-0.25, -0.2) is 14.4 Å². The highest BCUT2D eigenvalue weighted by molar-refractivity contribution is 6.06. The van der Waals surface area contributed by atoms with Crippen molar-refractivity contribution in [3.05, 3.63) is 82.3 Å². The normalized spacial score (nSPS) is 17.6. The molecule has 2 aliphatic heterocycles. The van der Waals surface area contributed by atoms with Crippen LogP contribution in [0.2, 0.25) is 0 Å². The van der Waals surface area contributed by atoms with E-state index in [0.717, 1.165) is 5.56 Å². The van der Waals surface area contributed by atoms with Gasteiger partial charge < -0.3 is 20.1 Å². The Morgan fingerprint density at radius 1 is 1.06 bits per heavy atom. The number of hydrogen-bond acceptors (Lipinski definition) is 8. The van der Waals surface area contributed by atoms with Gasteiger partial charge in [0.05, 0.1) is 43.0 Å². The van der Waals surface area contributed by atoms with Crippen molar-refractivity contribution >= 4 is 29.3 Å². The fourth-order valence-electron chi connectivity index (χ4n) is 4.63. The number of allylic oxidation sites excluding steroid dienone is 1. The highest BCUT2D eigenvalue weighted by Gasteiger charge is 2.43. The number of methoxy groups -OCH3 is 2. The van der Waals surface area contributed by atoms with Crippen molar-refractivity contribution in [3.63, 3.8) is 0 Å². The van der Waals surface area contributed by atoms with Crippen molar-refractivity contribution in [1.82, 2.24) is 4.90 Å². The predicted octanol–water partition coefficient (Wildman–Crippen LogP) is 2.59. The SMILES string of the molecule is COC(=O)C1=C(C(=O)OC)N(c2ccc3c(c2)CN(C)C(=O)N3C)C(N)=C(C#N)C1c1ccccc1. The largest absolute Gasteiger partial charge is 0.466 e. The summed E-state index contributed by atoms with van der Waals surface area (Å²) in [7, 11) is 5.74. The van der Waals surface area contributed by atoms with Crippen LogP contribution in [0, 0.1) is 11.3 Å². The molecule has 2 amide bonds. The van der Waals surface area contributed by atoms with Gasteiger partial charge in [-0.2, -0.15) is 5.26 Å². The maximum atomic E-state index is 13.2. The third kappa shape index (κ3) is 3.80. The average Bonchev–Trinajstić information content (AvgIpc) is 2.90. The van der Waals surface area contributed by atoms with Gasteiger partial charge in [0, 0.05) is 26.3 Å². The molecular weight excluding hydrogens is 462 g/mol. The highest BCUT2D eigenvalue weighted by atomic mass is 16.5. The molecule has 0 spiro atoms. The first-order chi connectivity index (χ1) is 17.2. The fraction of sp³-hybridized carbons (Fsp3) is 0.231. The lowest BCUT2D eigenvalue weighted by molar-refractivity contribution is -0.139. The van der Waals surface area contributed by atoms with Gasteiger partial charge in [0.25, 0.3) is 0 Å². The summed E-state index contributed by atoms with van der Waals surface area (Å²) in [6.07, 6.45) is 0. The Kier molecular flexibility index (Phi) is 6.40. The molecule has 10 nitrogen and oxygen atoms in total. The summed E-state index contributed by atoms with van der Waals surface area (Å²) in [5, 5.41) is 10.1. The molecular formula is C26H25N5O5. The molecule has 0 fully saturated rings. The zero-order valence-corrected chi connectivity index (χ0v) is 20.3. The first-order valence-electron chi connectivity index (χ1n) is 11.0. The number of nitriles is 1. The van der Waals surface area contributed by atoms with Gasteiger partial charge in [-0.05, 0) is 29.3 Å². The molecule has 0 aromatic heterocycles. The number of urea groups is 1. The van der Waals surface area contributed by atoms with E-state index in [1.54, 1.807) is 67.5 Å². The lowest BCUT2D eigenvalue weighted by Gasteiger charge is -2.37. The molecule has 0 saturated carbocycles. The smallest absolute Gasteiger partial charge is 0.355 e. The second kappa shape index (κ2) is 9.46. The number of fused-ring (bicyclic) bond motifs is 1. The van der Waals surface area contributed by atoms with Crippen molar-refractivity contribution in [2.75, 3.05) is 38.1 Å². The van der Waals surface area contributed by atoms with Crippen LogP contribution in [0.15, 0.2) is 71.2 Å². The lowest BCUT2D eigenvalue weighted by Crippen LogP contribution is -2.43. The summed E-state index contributed by atoms with van der Waals surface area (Å²) in [5.74, 6) is -2.58. The molecule has 10 heteroatoms. The van der Waals surface area contributed by atoms with E-state index in [4.69, 9.17) is 15.2 Å². The molecule has 4 rings (SSSR count).